The van der Waals surface area contributed by atoms with E-state index in [1.807, 2.05) is 30.3 Å². The van der Waals surface area contributed by atoms with Gasteiger partial charge in [-0.05, 0) is 24.3 Å². The van der Waals surface area contributed by atoms with Crippen molar-refractivity contribution in [3.05, 3.63) is 35.9 Å². The first-order valence-corrected chi connectivity index (χ1v) is 11.5. The van der Waals surface area contributed by atoms with E-state index < -0.39 is 36.0 Å². The van der Waals surface area contributed by atoms with Crippen molar-refractivity contribution < 1.29 is 19.2 Å². The number of carbonyl (C=O) groups is 4. The molecule has 0 fully saturated rings. The van der Waals surface area contributed by atoms with Crippen molar-refractivity contribution in [2.75, 3.05) is 6.54 Å². The highest BCUT2D eigenvalue weighted by Crippen LogP contribution is 2.08. The lowest BCUT2D eigenvalue weighted by Gasteiger charge is -2.26. The van der Waals surface area contributed by atoms with Crippen LogP contribution in [0.3, 0.4) is 0 Å². The highest BCUT2D eigenvalue weighted by molar-refractivity contribution is 5.93. The molecule has 0 heterocycles. The van der Waals surface area contributed by atoms with Crippen molar-refractivity contribution in [3.63, 3.8) is 0 Å². The number of carbonyl (C=O) groups excluding carboxylic acids is 4. The smallest absolute Gasteiger partial charge is 0.332 e. The number of benzene rings is 1. The number of amides is 5. The fourth-order valence-corrected chi connectivity index (χ4v) is 3.26. The molecular formula is C23H37N9O4. The molecule has 36 heavy (non-hydrogen) atoms. The van der Waals surface area contributed by atoms with Crippen LogP contribution in [-0.2, 0) is 20.8 Å². The Balaban J connectivity index is 2.95. The molecule has 0 aliphatic rings. The minimum atomic E-state index is -0.901. The maximum absolute atomic E-state index is 13.1. The summed E-state index contributed by atoms with van der Waals surface area (Å²) in [5.74, 6) is -1.64. The summed E-state index contributed by atoms with van der Waals surface area (Å²) in [6, 6.07) is 6.00. The average Bonchev–Trinajstić information content (AvgIpc) is 2.79. The lowest BCUT2D eigenvalue weighted by atomic mass is 10.0. The van der Waals surface area contributed by atoms with E-state index in [1.54, 1.807) is 13.8 Å². The van der Waals surface area contributed by atoms with E-state index in [1.165, 1.54) is 13.1 Å². The molecule has 13 heteroatoms. The largest absolute Gasteiger partial charge is 0.370 e. The van der Waals surface area contributed by atoms with Crippen LogP contribution in [0, 0.1) is 5.92 Å². The molecule has 0 aliphatic carbocycles. The molecule has 0 saturated carbocycles. The molecule has 3 atom stereocenters. The van der Waals surface area contributed by atoms with E-state index in [9.17, 15) is 19.2 Å². The summed E-state index contributed by atoms with van der Waals surface area (Å²) >= 11 is 0. The van der Waals surface area contributed by atoms with Gasteiger partial charge in [0.2, 0.25) is 17.7 Å². The Bertz CT molecular complexity index is 931. The van der Waals surface area contributed by atoms with E-state index in [0.29, 0.717) is 19.4 Å². The first kappa shape index (κ1) is 29.9. The van der Waals surface area contributed by atoms with E-state index in [0.717, 1.165) is 5.56 Å². The van der Waals surface area contributed by atoms with Gasteiger partial charge in [-0.3, -0.25) is 19.4 Å². The van der Waals surface area contributed by atoms with Crippen molar-refractivity contribution in [3.8, 4) is 0 Å². The number of nitrogens with zero attached hydrogens (tertiary/aromatic N) is 2. The first-order chi connectivity index (χ1) is 17.0. The van der Waals surface area contributed by atoms with E-state index in [4.69, 9.17) is 17.2 Å². The summed E-state index contributed by atoms with van der Waals surface area (Å²) in [5, 5.41) is 11.9. The molecule has 0 spiro atoms. The number of rotatable bonds is 14. The van der Waals surface area contributed by atoms with Crippen LogP contribution < -0.4 is 38.6 Å². The number of hydrogen-bond donors (Lipinski definition) is 7. The molecule has 0 saturated heterocycles. The molecule has 0 aromatic heterocycles. The molecule has 1 aromatic rings. The van der Waals surface area contributed by atoms with E-state index in [-0.39, 0.29) is 24.2 Å². The number of aliphatic imine (C=N–C) groups is 1. The van der Waals surface area contributed by atoms with Gasteiger partial charge in [-0.15, -0.1) is 0 Å². The Labute approximate surface area is 210 Å². The van der Waals surface area contributed by atoms with Gasteiger partial charge in [0.1, 0.15) is 12.1 Å². The molecule has 198 valence electrons. The lowest BCUT2D eigenvalue weighted by Crippen LogP contribution is -2.57. The minimum absolute atomic E-state index is 0.0496. The van der Waals surface area contributed by atoms with Crippen molar-refractivity contribution in [2.45, 2.75) is 58.2 Å². The molecule has 1 rings (SSSR count). The molecule has 0 aliphatic heterocycles. The predicted molar refractivity (Wildman–Crippen MR) is 138 cm³/mol. The highest BCUT2D eigenvalue weighted by atomic mass is 16.2. The second kappa shape index (κ2) is 15.7. The zero-order chi connectivity index (χ0) is 27.1. The van der Waals surface area contributed by atoms with Gasteiger partial charge in [0.15, 0.2) is 5.96 Å². The molecular weight excluding hydrogens is 466 g/mol. The maximum atomic E-state index is 13.1. The van der Waals surface area contributed by atoms with Gasteiger partial charge in [0.25, 0.3) is 0 Å². The highest BCUT2D eigenvalue weighted by Gasteiger charge is 2.29. The fraction of sp³-hybridized carbons (Fsp3) is 0.478. The van der Waals surface area contributed by atoms with Gasteiger partial charge in [-0.25, -0.2) is 10.2 Å². The van der Waals surface area contributed by atoms with Crippen molar-refractivity contribution in [1.82, 2.24) is 21.4 Å². The summed E-state index contributed by atoms with van der Waals surface area (Å²) < 4.78 is 0. The van der Waals surface area contributed by atoms with Crippen LogP contribution in [0.5, 0.6) is 0 Å². The number of nitrogens with two attached hydrogens (primary N) is 3. The number of guanidine groups is 1. The summed E-state index contributed by atoms with van der Waals surface area (Å²) in [5.41, 5.74) is 18.6. The Morgan fingerprint density at radius 1 is 0.972 bits per heavy atom. The third-order valence-corrected chi connectivity index (χ3v) is 4.95. The molecule has 0 unspecified atom stereocenters. The zero-order valence-electron chi connectivity index (χ0n) is 20.9. The predicted octanol–water partition coefficient (Wildman–Crippen LogP) is -0.933. The van der Waals surface area contributed by atoms with Crippen molar-refractivity contribution in [2.24, 2.45) is 33.2 Å². The summed E-state index contributed by atoms with van der Waals surface area (Å²) in [6.07, 6.45) is 2.49. The summed E-state index contributed by atoms with van der Waals surface area (Å²) in [7, 11) is 0. The molecule has 10 N–H and O–H groups in total. The Morgan fingerprint density at radius 3 is 2.19 bits per heavy atom. The van der Waals surface area contributed by atoms with Crippen LogP contribution in [0.2, 0.25) is 0 Å². The first-order valence-electron chi connectivity index (χ1n) is 11.5. The molecule has 0 bridgehead atoms. The number of hydrogen-bond acceptors (Lipinski definition) is 6. The van der Waals surface area contributed by atoms with Gasteiger partial charge >= 0.3 is 6.03 Å². The van der Waals surface area contributed by atoms with Crippen LogP contribution in [0.4, 0.5) is 4.79 Å². The molecule has 5 amide bonds. The van der Waals surface area contributed by atoms with Gasteiger partial charge in [0, 0.05) is 26.1 Å². The lowest BCUT2D eigenvalue weighted by molar-refractivity contribution is -0.132. The zero-order valence-corrected chi connectivity index (χ0v) is 20.9. The van der Waals surface area contributed by atoms with Crippen LogP contribution in [0.25, 0.3) is 0 Å². The summed E-state index contributed by atoms with van der Waals surface area (Å²) in [6.45, 7) is 5.22. The van der Waals surface area contributed by atoms with Gasteiger partial charge in [-0.2, -0.15) is 5.10 Å². The number of nitrogens with one attached hydrogen (secondary N) is 4. The SMILES string of the molecule is CC(=O)N[C@@H](Cc1ccccc1)C(=O)N[C@H](C(=O)N[C@H](/C=N/NC(N)=O)CCCN=C(N)N)C(C)C. The monoisotopic (exact) mass is 503 g/mol. The normalized spacial score (nSPS) is 13.3. The third kappa shape index (κ3) is 12.3. The number of urea groups is 1. The van der Waals surface area contributed by atoms with Gasteiger partial charge in [0.05, 0.1) is 6.04 Å². The molecule has 0 radical (unpaired) electrons. The van der Waals surface area contributed by atoms with Gasteiger partial charge in [-0.1, -0.05) is 44.2 Å². The fourth-order valence-electron chi connectivity index (χ4n) is 3.26. The summed E-state index contributed by atoms with van der Waals surface area (Å²) in [4.78, 5) is 52.7. The second-order valence-electron chi connectivity index (χ2n) is 8.49. The quantitative estimate of drug-likeness (QED) is 0.0735. The standard InChI is InChI=1S/C23H37N9O4/c1-14(2)19(31-20(34)18(29-15(3)33)12-16-8-5-4-6-9-16)21(35)30-17(13-28-32-23(26)36)10-7-11-27-22(24)25/h4-6,8-9,13-14,17-19H,7,10-12H2,1-3H3,(H,29,33)(H,30,35)(H,31,34)(H4,24,25,27)(H3,26,32,36)/b28-13+/t17-,18-,19-/m0/s1. The van der Waals surface area contributed by atoms with Crippen LogP contribution in [0.15, 0.2) is 40.4 Å². The van der Waals surface area contributed by atoms with Crippen molar-refractivity contribution in [1.29, 1.82) is 0 Å². The van der Waals surface area contributed by atoms with Crippen molar-refractivity contribution >= 4 is 35.9 Å². The molecule has 13 nitrogen and oxygen atoms in total. The Morgan fingerprint density at radius 2 is 1.64 bits per heavy atom. The van der Waals surface area contributed by atoms with E-state index in [2.05, 4.69) is 31.5 Å². The van der Waals surface area contributed by atoms with Gasteiger partial charge < -0.3 is 33.2 Å². The minimum Gasteiger partial charge on any atom is -0.370 e. The van der Waals surface area contributed by atoms with Crippen LogP contribution >= 0.6 is 0 Å². The van der Waals surface area contributed by atoms with E-state index >= 15 is 0 Å². The second-order valence-corrected chi connectivity index (χ2v) is 8.49. The third-order valence-electron chi connectivity index (χ3n) is 4.95. The van der Waals surface area contributed by atoms with Crippen LogP contribution in [-0.4, -0.2) is 60.6 Å². The average molecular weight is 504 g/mol. The van der Waals surface area contributed by atoms with Crippen LogP contribution in [0.1, 0.15) is 39.2 Å². The Hall–Kier alpha value is -4.16. The Kier molecular flexibility index (Phi) is 13.0. The number of hydrazone groups is 1. The topological polar surface area (TPSA) is 219 Å². The maximum Gasteiger partial charge on any atom is 0.332 e. The number of primary amides is 1. The molecule has 1 aromatic carbocycles.